The molecule has 1 unspecified atom stereocenters. The van der Waals surface area contributed by atoms with Crippen molar-refractivity contribution in [1.29, 1.82) is 0 Å². The molecule has 0 saturated carbocycles. The highest BCUT2D eigenvalue weighted by Gasteiger charge is 2.47. The molecule has 178 valence electrons. The number of amides is 2. The van der Waals surface area contributed by atoms with Crippen molar-refractivity contribution < 1.29 is 9.59 Å². The highest BCUT2D eigenvalue weighted by molar-refractivity contribution is 9.10. The van der Waals surface area contributed by atoms with E-state index in [1.807, 2.05) is 43.1 Å². The van der Waals surface area contributed by atoms with Gasteiger partial charge in [-0.2, -0.15) is 0 Å². The zero-order chi connectivity index (χ0) is 24.9. The van der Waals surface area contributed by atoms with Crippen LogP contribution in [0.25, 0.3) is 0 Å². The Morgan fingerprint density at radius 1 is 0.943 bits per heavy atom. The second-order valence-electron chi connectivity index (χ2n) is 8.13. The molecular weight excluding hydrogens is 614 g/mol. The van der Waals surface area contributed by atoms with E-state index in [9.17, 15) is 9.59 Å². The first kappa shape index (κ1) is 24.3. The van der Waals surface area contributed by atoms with E-state index in [1.54, 1.807) is 29.6 Å². The van der Waals surface area contributed by atoms with E-state index < -0.39 is 17.7 Å². The number of hydrogen-bond acceptors (Lipinski definition) is 7. The maximum atomic E-state index is 13.8. The molecule has 2 aliphatic heterocycles. The van der Waals surface area contributed by atoms with Crippen LogP contribution in [0.5, 0.6) is 0 Å². The third kappa shape index (κ3) is 4.47. The molecule has 1 fully saturated rings. The summed E-state index contributed by atoms with van der Waals surface area (Å²) in [6, 6.07) is 14.6. The Labute approximate surface area is 228 Å². The van der Waals surface area contributed by atoms with Gasteiger partial charge in [0.15, 0.2) is 11.0 Å². The lowest BCUT2D eigenvalue weighted by molar-refractivity contribution is -0.128. The number of allylic oxidation sites excluding steroid dienone is 1. The Morgan fingerprint density at radius 2 is 1.46 bits per heavy atom. The lowest BCUT2D eigenvalue weighted by Crippen LogP contribution is -2.59. The SMILES string of the molecule is CC1=CC(C)NN1c1nc(C2C(=O)N(c3ccc(Br)cc3)C(=S)N(c3ccc(Br)cc3)C2=O)cs1. The second kappa shape index (κ2) is 9.55. The summed E-state index contributed by atoms with van der Waals surface area (Å²) < 4.78 is 1.74. The molecule has 35 heavy (non-hydrogen) atoms. The van der Waals surface area contributed by atoms with Crippen molar-refractivity contribution in [1.82, 2.24) is 10.4 Å². The van der Waals surface area contributed by atoms with Gasteiger partial charge in [0.05, 0.1) is 17.1 Å². The number of thiocarbonyl (C=S) groups is 1. The van der Waals surface area contributed by atoms with Gasteiger partial charge in [-0.25, -0.2) is 10.4 Å². The monoisotopic (exact) mass is 631 g/mol. The summed E-state index contributed by atoms with van der Waals surface area (Å²) in [5, 5.41) is 4.41. The molecule has 1 N–H and O–H groups in total. The van der Waals surface area contributed by atoms with Gasteiger partial charge in [0.1, 0.15) is 0 Å². The van der Waals surface area contributed by atoms with Gasteiger partial charge in [-0.05, 0) is 80.7 Å². The summed E-state index contributed by atoms with van der Waals surface area (Å²) >= 11 is 13.9. The van der Waals surface area contributed by atoms with E-state index in [4.69, 9.17) is 17.2 Å². The summed E-state index contributed by atoms with van der Waals surface area (Å²) in [5.41, 5.74) is 5.86. The first-order chi connectivity index (χ1) is 16.7. The molecule has 5 rings (SSSR count). The predicted molar refractivity (Wildman–Crippen MR) is 150 cm³/mol. The standard InChI is InChI=1S/C24H19Br2N5O2S2/c1-13-11-14(2)31(28-13)23-27-19(12-35-23)20-21(32)29(17-7-3-15(25)4-8-17)24(34)30(22(20)33)18-9-5-16(26)6-10-18/h3-13,20,28H,1-2H3. The maximum absolute atomic E-state index is 13.8. The predicted octanol–water partition coefficient (Wildman–Crippen LogP) is 5.73. The minimum Gasteiger partial charge on any atom is -0.273 e. The van der Waals surface area contributed by atoms with E-state index >= 15 is 0 Å². The van der Waals surface area contributed by atoms with Crippen molar-refractivity contribution in [3.63, 3.8) is 0 Å². The summed E-state index contributed by atoms with van der Waals surface area (Å²) in [4.78, 5) is 35.1. The van der Waals surface area contributed by atoms with Crippen molar-refractivity contribution in [3.8, 4) is 0 Å². The molecule has 1 saturated heterocycles. The number of aromatic nitrogens is 1. The van der Waals surface area contributed by atoms with Gasteiger partial charge in [-0.1, -0.05) is 31.9 Å². The van der Waals surface area contributed by atoms with Crippen molar-refractivity contribution in [3.05, 3.63) is 80.3 Å². The van der Waals surface area contributed by atoms with E-state index in [1.165, 1.54) is 21.1 Å². The number of thiazole rings is 1. The van der Waals surface area contributed by atoms with Gasteiger partial charge >= 0.3 is 0 Å². The fourth-order valence-corrected chi connectivity index (χ4v) is 5.85. The van der Waals surface area contributed by atoms with E-state index in [0.29, 0.717) is 22.2 Å². The fraction of sp³-hybridized carbons (Fsp3) is 0.167. The lowest BCUT2D eigenvalue weighted by atomic mass is 9.99. The molecule has 3 heterocycles. The number of hydrazine groups is 1. The number of benzene rings is 2. The van der Waals surface area contributed by atoms with Gasteiger partial charge in [-0.3, -0.25) is 24.4 Å². The van der Waals surface area contributed by atoms with Crippen LogP contribution < -0.4 is 20.2 Å². The minimum absolute atomic E-state index is 0.102. The van der Waals surface area contributed by atoms with Crippen LogP contribution in [0.4, 0.5) is 16.5 Å². The number of nitrogens with one attached hydrogen (secondary N) is 1. The molecule has 3 aromatic rings. The average Bonchev–Trinajstić information content (AvgIpc) is 3.42. The zero-order valence-electron chi connectivity index (χ0n) is 18.6. The van der Waals surface area contributed by atoms with Crippen LogP contribution in [0.15, 0.2) is 74.6 Å². The van der Waals surface area contributed by atoms with Crippen LogP contribution in [-0.4, -0.2) is 28.0 Å². The maximum Gasteiger partial charge on any atom is 0.252 e. The van der Waals surface area contributed by atoms with Crippen LogP contribution >= 0.6 is 55.4 Å². The Morgan fingerprint density at radius 3 is 1.91 bits per heavy atom. The number of carbonyl (C=O) groups excluding carboxylic acids is 2. The number of nitrogens with zero attached hydrogens (tertiary/aromatic N) is 4. The topological polar surface area (TPSA) is 68.8 Å². The third-order valence-corrected chi connectivity index (χ3v) is 7.93. The molecule has 1 atom stereocenters. The Balaban J connectivity index is 1.58. The summed E-state index contributed by atoms with van der Waals surface area (Å²) in [7, 11) is 0. The third-order valence-electron chi connectivity index (χ3n) is 5.66. The molecule has 0 radical (unpaired) electrons. The molecule has 0 spiro atoms. The molecule has 1 aromatic heterocycles. The molecular formula is C24H19Br2N5O2S2. The fourth-order valence-electron chi connectivity index (χ4n) is 4.06. The van der Waals surface area contributed by atoms with Crippen molar-refractivity contribution >= 4 is 88.8 Å². The molecule has 2 amide bonds. The highest BCUT2D eigenvalue weighted by atomic mass is 79.9. The molecule has 11 heteroatoms. The number of carbonyl (C=O) groups is 2. The Hall–Kier alpha value is -2.44. The smallest absolute Gasteiger partial charge is 0.252 e. The normalized spacial score (nSPS) is 19.1. The van der Waals surface area contributed by atoms with E-state index in [0.717, 1.165) is 14.6 Å². The molecule has 2 aliphatic rings. The Bertz CT molecular complexity index is 1290. The quantitative estimate of drug-likeness (QED) is 0.293. The lowest BCUT2D eigenvalue weighted by Gasteiger charge is -2.38. The zero-order valence-corrected chi connectivity index (χ0v) is 23.4. The molecule has 0 aliphatic carbocycles. The number of hydrogen-bond donors (Lipinski definition) is 1. The molecule has 0 bridgehead atoms. The van der Waals surface area contributed by atoms with Crippen LogP contribution in [0.1, 0.15) is 25.5 Å². The average molecular weight is 633 g/mol. The number of halogens is 2. The van der Waals surface area contributed by atoms with Crippen LogP contribution in [0.2, 0.25) is 0 Å². The minimum atomic E-state index is -1.14. The van der Waals surface area contributed by atoms with Gasteiger partial charge in [0.2, 0.25) is 5.13 Å². The van der Waals surface area contributed by atoms with Gasteiger partial charge in [0.25, 0.3) is 11.8 Å². The van der Waals surface area contributed by atoms with Crippen LogP contribution in [0.3, 0.4) is 0 Å². The number of rotatable bonds is 4. The van der Waals surface area contributed by atoms with E-state index in [-0.39, 0.29) is 11.2 Å². The summed E-state index contributed by atoms with van der Waals surface area (Å²) in [5.74, 6) is -1.99. The van der Waals surface area contributed by atoms with Crippen LogP contribution in [0, 0.1) is 0 Å². The molecule has 2 aromatic carbocycles. The first-order valence-corrected chi connectivity index (χ1v) is 13.5. The van der Waals surface area contributed by atoms with E-state index in [2.05, 4.69) is 43.4 Å². The van der Waals surface area contributed by atoms with Gasteiger partial charge < -0.3 is 0 Å². The summed E-state index contributed by atoms with van der Waals surface area (Å²) in [6.45, 7) is 4.02. The van der Waals surface area contributed by atoms with Crippen LogP contribution in [-0.2, 0) is 9.59 Å². The van der Waals surface area contributed by atoms with Gasteiger partial charge in [0, 0.05) is 26.1 Å². The molecule has 7 nitrogen and oxygen atoms in total. The number of anilines is 3. The highest BCUT2D eigenvalue weighted by Crippen LogP contribution is 2.36. The van der Waals surface area contributed by atoms with Crippen molar-refractivity contribution in [2.75, 3.05) is 14.8 Å². The first-order valence-electron chi connectivity index (χ1n) is 10.7. The largest absolute Gasteiger partial charge is 0.273 e. The summed E-state index contributed by atoms with van der Waals surface area (Å²) in [6.07, 6.45) is 2.08. The van der Waals surface area contributed by atoms with Crippen molar-refractivity contribution in [2.45, 2.75) is 25.8 Å². The van der Waals surface area contributed by atoms with Gasteiger partial charge in [-0.15, -0.1) is 11.3 Å². The Kier molecular flexibility index (Phi) is 6.62. The second-order valence-corrected chi connectivity index (χ2v) is 11.2. The van der Waals surface area contributed by atoms with Crippen molar-refractivity contribution in [2.24, 2.45) is 0 Å².